The van der Waals surface area contributed by atoms with Gasteiger partial charge in [-0.25, -0.2) is 0 Å². The van der Waals surface area contributed by atoms with Crippen LogP contribution in [0.15, 0.2) is 24.3 Å². The Labute approximate surface area is 104 Å². The molecule has 1 amide bonds. The second-order valence-electron chi connectivity index (χ2n) is 3.60. The van der Waals surface area contributed by atoms with Crippen molar-refractivity contribution in [1.82, 2.24) is 0 Å². The number of carbonyl (C=O) groups is 1. The number of carbonyl (C=O) groups excluding carboxylic acids is 1. The highest BCUT2D eigenvalue weighted by atomic mass is 19.4. The van der Waals surface area contributed by atoms with E-state index in [0.29, 0.717) is 6.07 Å². The fraction of sp³-hybridized carbons (Fsp3) is 0.364. The molecule has 0 saturated heterocycles. The number of hydrogen-bond donors (Lipinski definition) is 0. The highest BCUT2D eigenvalue weighted by molar-refractivity contribution is 5.97. The van der Waals surface area contributed by atoms with E-state index in [-0.39, 0.29) is 11.4 Å². The van der Waals surface area contributed by atoms with E-state index in [9.17, 15) is 31.1 Å². The number of nitrogens with zero attached hydrogens (tertiary/aromatic N) is 1. The van der Waals surface area contributed by atoms with Gasteiger partial charge in [0.15, 0.2) is 0 Å². The zero-order valence-corrected chi connectivity index (χ0v) is 9.64. The normalized spacial score (nSPS) is 12.4. The van der Waals surface area contributed by atoms with Gasteiger partial charge < -0.3 is 4.90 Å². The van der Waals surface area contributed by atoms with Crippen LogP contribution in [0.3, 0.4) is 0 Å². The molecule has 0 spiro atoms. The Balaban J connectivity index is 3.17. The van der Waals surface area contributed by atoms with Gasteiger partial charge >= 0.3 is 18.3 Å². The first-order chi connectivity index (χ1) is 8.57. The molecule has 0 aliphatic heterocycles. The molecule has 0 heterocycles. The Morgan fingerprint density at radius 3 is 2.16 bits per heavy atom. The molecule has 1 aromatic rings. The summed E-state index contributed by atoms with van der Waals surface area (Å²) >= 11 is 0. The van der Waals surface area contributed by atoms with Crippen molar-refractivity contribution < 1.29 is 31.1 Å². The molecular formula is C11H9F6NO. The lowest BCUT2D eigenvalue weighted by molar-refractivity contribution is -0.170. The van der Waals surface area contributed by atoms with Crippen molar-refractivity contribution >= 4 is 11.6 Å². The first-order valence-corrected chi connectivity index (χ1v) is 5.13. The summed E-state index contributed by atoms with van der Waals surface area (Å²) in [6.45, 7) is 0.851. The molecule has 0 bridgehead atoms. The van der Waals surface area contributed by atoms with Crippen LogP contribution in [0, 0.1) is 0 Å². The van der Waals surface area contributed by atoms with E-state index in [2.05, 4.69) is 0 Å². The molecule has 8 heteroatoms. The Kier molecular flexibility index (Phi) is 4.12. The summed E-state index contributed by atoms with van der Waals surface area (Å²) < 4.78 is 74.2. The standard InChI is InChI=1S/C11H9F6NO/c1-2-18(9(19)11(15,16)17)8-5-3-4-7(6-8)10(12,13)14/h3-6H,2H2,1H3. The van der Waals surface area contributed by atoms with Gasteiger partial charge in [0.2, 0.25) is 0 Å². The Morgan fingerprint density at radius 1 is 1.16 bits per heavy atom. The summed E-state index contributed by atoms with van der Waals surface area (Å²) in [5, 5.41) is 0. The molecule has 106 valence electrons. The molecule has 0 aliphatic carbocycles. The first-order valence-electron chi connectivity index (χ1n) is 5.13. The van der Waals surface area contributed by atoms with Crippen molar-refractivity contribution in [3.8, 4) is 0 Å². The SMILES string of the molecule is CCN(C(=O)C(F)(F)F)c1cccc(C(F)(F)F)c1. The maximum atomic E-state index is 12.4. The number of alkyl halides is 6. The van der Waals surface area contributed by atoms with E-state index < -0.39 is 29.5 Å². The average Bonchev–Trinajstić information content (AvgIpc) is 2.28. The Morgan fingerprint density at radius 2 is 1.74 bits per heavy atom. The van der Waals surface area contributed by atoms with Gasteiger partial charge in [0.25, 0.3) is 0 Å². The van der Waals surface area contributed by atoms with E-state index >= 15 is 0 Å². The van der Waals surface area contributed by atoms with E-state index in [4.69, 9.17) is 0 Å². The summed E-state index contributed by atoms with van der Waals surface area (Å²) in [5.41, 5.74) is -1.56. The van der Waals surface area contributed by atoms with Crippen LogP contribution >= 0.6 is 0 Å². The second kappa shape index (κ2) is 5.10. The van der Waals surface area contributed by atoms with Gasteiger partial charge in [0, 0.05) is 12.2 Å². The summed E-state index contributed by atoms with van der Waals surface area (Å²) in [4.78, 5) is 11.3. The van der Waals surface area contributed by atoms with Crippen molar-refractivity contribution in [2.45, 2.75) is 19.3 Å². The Bertz CT molecular complexity index is 465. The third kappa shape index (κ3) is 3.62. The highest BCUT2D eigenvalue weighted by Crippen LogP contribution is 2.32. The molecule has 0 aliphatic rings. The number of benzene rings is 1. The zero-order valence-electron chi connectivity index (χ0n) is 9.64. The summed E-state index contributed by atoms with van der Waals surface area (Å²) in [5.74, 6) is -2.20. The average molecular weight is 285 g/mol. The van der Waals surface area contributed by atoms with Crippen molar-refractivity contribution in [2.75, 3.05) is 11.4 Å². The van der Waals surface area contributed by atoms with Gasteiger partial charge in [-0.2, -0.15) is 26.3 Å². The number of anilines is 1. The number of amides is 1. The zero-order chi connectivity index (χ0) is 14.8. The molecule has 0 radical (unpaired) electrons. The fourth-order valence-corrected chi connectivity index (χ4v) is 1.45. The third-order valence-corrected chi connectivity index (χ3v) is 2.29. The van der Waals surface area contributed by atoms with Gasteiger partial charge in [-0.3, -0.25) is 4.79 Å². The molecule has 1 aromatic carbocycles. The van der Waals surface area contributed by atoms with E-state index in [1.165, 1.54) is 6.92 Å². The molecule has 0 N–H and O–H groups in total. The van der Waals surface area contributed by atoms with Crippen molar-refractivity contribution in [3.63, 3.8) is 0 Å². The van der Waals surface area contributed by atoms with Crippen LogP contribution in [0.25, 0.3) is 0 Å². The lowest BCUT2D eigenvalue weighted by Crippen LogP contribution is -2.41. The topological polar surface area (TPSA) is 20.3 Å². The maximum Gasteiger partial charge on any atom is 0.471 e. The Hall–Kier alpha value is -1.73. The molecule has 0 saturated carbocycles. The molecule has 0 aromatic heterocycles. The quantitative estimate of drug-likeness (QED) is 0.760. The van der Waals surface area contributed by atoms with Gasteiger partial charge in [0.05, 0.1) is 5.56 Å². The minimum Gasteiger partial charge on any atom is -0.305 e. The lowest BCUT2D eigenvalue weighted by atomic mass is 10.1. The van der Waals surface area contributed by atoms with Crippen LogP contribution in [-0.2, 0) is 11.0 Å². The van der Waals surface area contributed by atoms with Gasteiger partial charge in [0.1, 0.15) is 0 Å². The summed E-state index contributed by atoms with van der Waals surface area (Å²) in [7, 11) is 0. The van der Waals surface area contributed by atoms with Crippen molar-refractivity contribution in [1.29, 1.82) is 0 Å². The number of rotatable bonds is 2. The highest BCUT2D eigenvalue weighted by Gasteiger charge is 2.43. The summed E-state index contributed by atoms with van der Waals surface area (Å²) in [6, 6.07) is 3.19. The largest absolute Gasteiger partial charge is 0.471 e. The van der Waals surface area contributed by atoms with Crippen LogP contribution in [0.5, 0.6) is 0 Å². The third-order valence-electron chi connectivity index (χ3n) is 2.29. The van der Waals surface area contributed by atoms with Crippen LogP contribution in [-0.4, -0.2) is 18.6 Å². The molecule has 0 fully saturated rings. The monoisotopic (exact) mass is 285 g/mol. The summed E-state index contributed by atoms with van der Waals surface area (Å²) in [6.07, 6.45) is -9.82. The van der Waals surface area contributed by atoms with Gasteiger partial charge in [-0.05, 0) is 25.1 Å². The minimum absolute atomic E-state index is 0.245. The van der Waals surface area contributed by atoms with Crippen LogP contribution in [0.2, 0.25) is 0 Å². The van der Waals surface area contributed by atoms with E-state index in [0.717, 1.165) is 18.2 Å². The van der Waals surface area contributed by atoms with Crippen LogP contribution in [0.1, 0.15) is 12.5 Å². The van der Waals surface area contributed by atoms with E-state index in [1.54, 1.807) is 0 Å². The van der Waals surface area contributed by atoms with Crippen molar-refractivity contribution in [2.24, 2.45) is 0 Å². The lowest BCUT2D eigenvalue weighted by Gasteiger charge is -2.23. The van der Waals surface area contributed by atoms with Crippen LogP contribution < -0.4 is 4.90 Å². The molecule has 19 heavy (non-hydrogen) atoms. The molecule has 0 atom stereocenters. The number of halogens is 6. The van der Waals surface area contributed by atoms with Gasteiger partial charge in [-0.1, -0.05) is 6.07 Å². The van der Waals surface area contributed by atoms with Crippen molar-refractivity contribution in [3.05, 3.63) is 29.8 Å². The fourth-order valence-electron chi connectivity index (χ4n) is 1.45. The number of hydrogen-bond acceptors (Lipinski definition) is 1. The molecule has 0 unspecified atom stereocenters. The predicted molar refractivity (Wildman–Crippen MR) is 55.5 cm³/mol. The second-order valence-corrected chi connectivity index (χ2v) is 3.60. The van der Waals surface area contributed by atoms with E-state index in [1.807, 2.05) is 0 Å². The molecule has 2 nitrogen and oxygen atoms in total. The molecular weight excluding hydrogens is 276 g/mol. The maximum absolute atomic E-state index is 12.4. The first kappa shape index (κ1) is 15.3. The minimum atomic E-state index is -5.13. The van der Waals surface area contributed by atoms with Crippen LogP contribution in [0.4, 0.5) is 32.0 Å². The van der Waals surface area contributed by atoms with Gasteiger partial charge in [-0.15, -0.1) is 0 Å². The molecule has 1 rings (SSSR count). The predicted octanol–water partition coefficient (Wildman–Crippen LogP) is 3.62. The smallest absolute Gasteiger partial charge is 0.305 e.